The maximum Gasteiger partial charge on any atom is 0.177 e. The summed E-state index contributed by atoms with van der Waals surface area (Å²) in [5.41, 5.74) is 0.957. The molecular weight excluding hydrogens is 254 g/mol. The molecule has 2 aliphatic carbocycles. The van der Waals surface area contributed by atoms with Gasteiger partial charge in [-0.3, -0.25) is 9.69 Å². The Morgan fingerprint density at radius 3 is 2.21 bits per heavy atom. The maximum atomic E-state index is 12.5. The van der Waals surface area contributed by atoms with Crippen molar-refractivity contribution in [2.24, 2.45) is 11.8 Å². The van der Waals surface area contributed by atoms with Gasteiger partial charge in [-0.25, -0.2) is 0 Å². The van der Waals surface area contributed by atoms with Gasteiger partial charge in [-0.2, -0.15) is 0 Å². The maximum absolute atomic E-state index is 12.5. The largest absolute Gasteiger partial charge is 0.295 e. The topological polar surface area (TPSA) is 20.3 Å². The van der Waals surface area contributed by atoms with Gasteiger partial charge in [0.1, 0.15) is 0 Å². The monoisotopic (exact) mass is 277 g/mol. The minimum Gasteiger partial charge on any atom is -0.295 e. The van der Waals surface area contributed by atoms with Crippen LogP contribution in [0.1, 0.15) is 45.8 Å². The van der Waals surface area contributed by atoms with Crippen molar-refractivity contribution in [1.29, 1.82) is 0 Å². The lowest BCUT2D eigenvalue weighted by atomic mass is 10.1. The molecule has 0 bridgehead atoms. The highest BCUT2D eigenvalue weighted by atomic mass is 32.1. The molecule has 2 saturated carbocycles. The van der Waals surface area contributed by atoms with Crippen molar-refractivity contribution in [2.45, 2.75) is 39.5 Å². The Bertz CT molecular complexity index is 457. The number of thiophene rings is 1. The van der Waals surface area contributed by atoms with Crippen LogP contribution in [0.15, 0.2) is 6.07 Å². The van der Waals surface area contributed by atoms with Crippen LogP contribution >= 0.6 is 11.3 Å². The fourth-order valence-electron chi connectivity index (χ4n) is 2.73. The van der Waals surface area contributed by atoms with E-state index in [9.17, 15) is 4.79 Å². The summed E-state index contributed by atoms with van der Waals surface area (Å²) in [5.74, 6) is 2.07. The summed E-state index contributed by atoms with van der Waals surface area (Å²) in [6.07, 6.45) is 5.47. The lowest BCUT2D eigenvalue weighted by Gasteiger charge is -2.21. The Labute approximate surface area is 119 Å². The van der Waals surface area contributed by atoms with Crippen molar-refractivity contribution in [3.8, 4) is 0 Å². The van der Waals surface area contributed by atoms with E-state index in [0.717, 1.165) is 30.5 Å². The molecule has 3 heteroatoms. The number of carbonyl (C=O) groups excluding carboxylic acids is 1. The number of carbonyl (C=O) groups is 1. The number of ketones is 1. The van der Waals surface area contributed by atoms with Crippen molar-refractivity contribution in [3.63, 3.8) is 0 Å². The molecule has 1 aromatic heterocycles. The second-order valence-corrected chi connectivity index (χ2v) is 7.79. The summed E-state index contributed by atoms with van der Waals surface area (Å²) in [6.45, 7) is 7.07. The highest BCUT2D eigenvalue weighted by Gasteiger charge is 2.30. The first-order chi connectivity index (χ1) is 9.11. The molecule has 2 aliphatic rings. The molecule has 0 aromatic carbocycles. The number of rotatable bonds is 7. The van der Waals surface area contributed by atoms with Crippen LogP contribution in [-0.4, -0.2) is 30.3 Å². The molecule has 2 fully saturated rings. The van der Waals surface area contributed by atoms with E-state index in [0.29, 0.717) is 12.3 Å². The minimum absolute atomic E-state index is 0.322. The van der Waals surface area contributed by atoms with E-state index >= 15 is 0 Å². The predicted molar refractivity (Wildman–Crippen MR) is 80.0 cm³/mol. The quantitative estimate of drug-likeness (QED) is 0.709. The Hall–Kier alpha value is -0.670. The Morgan fingerprint density at radius 2 is 1.79 bits per heavy atom. The predicted octanol–water partition coefficient (Wildman–Crippen LogP) is 3.67. The fraction of sp³-hybridized carbons (Fsp3) is 0.688. The van der Waals surface area contributed by atoms with Crippen molar-refractivity contribution < 1.29 is 4.79 Å². The molecule has 3 rings (SSSR count). The van der Waals surface area contributed by atoms with Crippen molar-refractivity contribution >= 4 is 17.1 Å². The van der Waals surface area contributed by atoms with Gasteiger partial charge in [0.05, 0.1) is 6.54 Å². The SMILES string of the molecule is Cc1cc(C(=O)CN(CC2CC2)CC2CC2)c(C)s1. The molecule has 0 aliphatic heterocycles. The third-order valence-electron chi connectivity index (χ3n) is 4.14. The number of aryl methyl sites for hydroxylation is 2. The third-order valence-corrected chi connectivity index (χ3v) is 5.10. The van der Waals surface area contributed by atoms with Crippen LogP contribution in [0, 0.1) is 25.7 Å². The Balaban J connectivity index is 1.62. The van der Waals surface area contributed by atoms with E-state index < -0.39 is 0 Å². The van der Waals surface area contributed by atoms with E-state index in [4.69, 9.17) is 0 Å². The fourth-order valence-corrected chi connectivity index (χ4v) is 3.67. The highest BCUT2D eigenvalue weighted by Crippen LogP contribution is 2.34. The third kappa shape index (κ3) is 3.67. The zero-order valence-corrected chi connectivity index (χ0v) is 12.8. The molecule has 2 nitrogen and oxygen atoms in total. The van der Waals surface area contributed by atoms with E-state index in [1.165, 1.54) is 35.4 Å². The first-order valence-corrected chi connectivity index (χ1v) is 8.26. The number of nitrogens with zero attached hydrogens (tertiary/aromatic N) is 1. The first-order valence-electron chi connectivity index (χ1n) is 7.44. The molecule has 19 heavy (non-hydrogen) atoms. The van der Waals surface area contributed by atoms with Gasteiger partial charge in [0.2, 0.25) is 0 Å². The molecule has 0 unspecified atom stereocenters. The van der Waals surface area contributed by atoms with Gasteiger partial charge >= 0.3 is 0 Å². The molecule has 0 amide bonds. The lowest BCUT2D eigenvalue weighted by Crippen LogP contribution is -2.33. The van der Waals surface area contributed by atoms with Crippen LogP contribution in [-0.2, 0) is 0 Å². The number of hydrogen-bond donors (Lipinski definition) is 0. The van der Waals surface area contributed by atoms with Gasteiger partial charge in [0, 0.05) is 28.4 Å². The average molecular weight is 277 g/mol. The Kier molecular flexibility index (Phi) is 3.77. The van der Waals surface area contributed by atoms with Gasteiger partial charge in [0.25, 0.3) is 0 Å². The zero-order chi connectivity index (χ0) is 13.4. The summed E-state index contributed by atoms with van der Waals surface area (Å²) >= 11 is 1.74. The summed E-state index contributed by atoms with van der Waals surface area (Å²) in [6, 6.07) is 2.06. The molecule has 0 saturated heterocycles. The number of Topliss-reactive ketones (excluding diaryl/α,β-unsaturated/α-hetero) is 1. The van der Waals surface area contributed by atoms with Crippen molar-refractivity contribution in [3.05, 3.63) is 21.4 Å². The normalized spacial score (nSPS) is 19.1. The molecule has 1 aromatic rings. The molecule has 0 spiro atoms. The van der Waals surface area contributed by atoms with E-state index in [-0.39, 0.29) is 0 Å². The summed E-state index contributed by atoms with van der Waals surface area (Å²) < 4.78 is 0. The minimum atomic E-state index is 0.322. The van der Waals surface area contributed by atoms with Gasteiger partial charge < -0.3 is 0 Å². The summed E-state index contributed by atoms with van der Waals surface area (Å²) in [4.78, 5) is 17.3. The molecule has 1 heterocycles. The Morgan fingerprint density at radius 1 is 1.21 bits per heavy atom. The second-order valence-electron chi connectivity index (χ2n) is 6.33. The van der Waals surface area contributed by atoms with Crippen LogP contribution in [0.4, 0.5) is 0 Å². The van der Waals surface area contributed by atoms with Crippen LogP contribution in [0.5, 0.6) is 0 Å². The molecule has 0 N–H and O–H groups in total. The van der Waals surface area contributed by atoms with Crippen LogP contribution in [0.3, 0.4) is 0 Å². The first kappa shape index (κ1) is 13.3. The van der Waals surface area contributed by atoms with Gasteiger partial charge in [-0.1, -0.05) is 0 Å². The molecule has 0 radical (unpaired) electrons. The highest BCUT2D eigenvalue weighted by molar-refractivity contribution is 7.12. The summed E-state index contributed by atoms with van der Waals surface area (Å²) in [7, 11) is 0. The van der Waals surface area contributed by atoms with E-state index in [1.807, 2.05) is 0 Å². The molecular formula is C16H23NOS. The van der Waals surface area contributed by atoms with Crippen molar-refractivity contribution in [2.75, 3.05) is 19.6 Å². The van der Waals surface area contributed by atoms with Gasteiger partial charge in [0.15, 0.2) is 5.78 Å². The van der Waals surface area contributed by atoms with Crippen LogP contribution < -0.4 is 0 Å². The number of hydrogen-bond acceptors (Lipinski definition) is 3. The smallest absolute Gasteiger partial charge is 0.177 e. The second kappa shape index (κ2) is 5.37. The lowest BCUT2D eigenvalue weighted by molar-refractivity contribution is 0.0923. The van der Waals surface area contributed by atoms with Gasteiger partial charge in [-0.05, 0) is 57.4 Å². The summed E-state index contributed by atoms with van der Waals surface area (Å²) in [5, 5.41) is 0. The molecule has 104 valence electrons. The zero-order valence-electron chi connectivity index (χ0n) is 11.9. The van der Waals surface area contributed by atoms with Gasteiger partial charge in [-0.15, -0.1) is 11.3 Å². The van der Waals surface area contributed by atoms with Crippen LogP contribution in [0.2, 0.25) is 0 Å². The van der Waals surface area contributed by atoms with Crippen LogP contribution in [0.25, 0.3) is 0 Å². The van der Waals surface area contributed by atoms with Crippen molar-refractivity contribution in [1.82, 2.24) is 4.90 Å². The average Bonchev–Trinajstić information content (AvgIpc) is 3.23. The molecule has 0 atom stereocenters. The van der Waals surface area contributed by atoms with E-state index in [2.05, 4.69) is 24.8 Å². The standard InChI is InChI=1S/C16H23NOS/c1-11-7-15(12(2)19-11)16(18)10-17(8-13-3-4-13)9-14-5-6-14/h7,13-14H,3-6,8-10H2,1-2H3. The van der Waals surface area contributed by atoms with E-state index in [1.54, 1.807) is 11.3 Å².